The number of hydrogen-bond donors (Lipinski definition) is 0. The van der Waals surface area contributed by atoms with Crippen LogP contribution in [-0.4, -0.2) is 76.7 Å². The van der Waals surface area contributed by atoms with E-state index in [0.717, 1.165) is 0 Å². The van der Waals surface area contributed by atoms with Crippen molar-refractivity contribution in [3.05, 3.63) is 0 Å². The molecule has 4 radical (unpaired) electrons. The summed E-state index contributed by atoms with van der Waals surface area (Å²) in [6.07, 6.45) is 0. The molecule has 0 fully saturated rings. The summed E-state index contributed by atoms with van der Waals surface area (Å²) in [6, 6.07) is 0. The third-order valence-corrected chi connectivity index (χ3v) is 0. The average Bonchev–Trinajstić information content (AvgIpc) is 0. The Bertz CT molecular complexity index is 8.00. The fraction of sp³-hybridized carbons (Fsp3) is 0. The molecule has 0 amide bonds. The van der Waals surface area contributed by atoms with Gasteiger partial charge in [0.05, 0.1) is 0 Å². The standard InChI is InChI=1S/GeH4.Sb.H3Si.HTe.H/h1H4;;1H3;1H;. The van der Waals surface area contributed by atoms with E-state index in [4.69, 9.17) is 0 Å². The Morgan fingerprint density at radius 1 is 1.00 bits per heavy atom. The maximum atomic E-state index is 0. The summed E-state index contributed by atoms with van der Waals surface area (Å²) in [6.45, 7) is 0. The minimum absolute atomic E-state index is 0. The van der Waals surface area contributed by atoms with E-state index in [0.29, 0.717) is 0 Å². The molecule has 0 atom stereocenters. The average molecular weight is 359 g/mol. The van der Waals surface area contributed by atoms with Crippen molar-refractivity contribution >= 4 is 76.7 Å². The third-order valence-electron chi connectivity index (χ3n) is 0. The Labute approximate surface area is 75.7 Å². The van der Waals surface area contributed by atoms with E-state index in [9.17, 15) is 0 Å². The van der Waals surface area contributed by atoms with Crippen LogP contribution >= 0.6 is 0 Å². The third kappa shape index (κ3) is 8.84. The van der Waals surface area contributed by atoms with Gasteiger partial charge in [-0.15, -0.1) is 0 Å². The van der Waals surface area contributed by atoms with Gasteiger partial charge in [0.1, 0.15) is 0 Å². The molecular weight excluding hydrogens is 350 g/mol. The zero-order valence-electron chi connectivity index (χ0n) is 1.95. The molecule has 0 N–H and O–H groups in total. The molecule has 0 rings (SSSR count). The molecule has 28 valence electrons. The van der Waals surface area contributed by atoms with Gasteiger partial charge in [0.15, 0.2) is 0 Å². The van der Waals surface area contributed by atoms with Gasteiger partial charge in [-0.1, -0.05) is 0 Å². The summed E-state index contributed by atoms with van der Waals surface area (Å²) in [4.78, 5) is 0. The summed E-state index contributed by atoms with van der Waals surface area (Å²) in [5.74, 6) is 0. The normalized spacial score (nSPS) is 0. The van der Waals surface area contributed by atoms with Crippen molar-refractivity contribution < 1.29 is 0 Å². The Balaban J connectivity index is 0. The van der Waals surface area contributed by atoms with Crippen LogP contribution in [0.5, 0.6) is 0 Å². The SMILES string of the molecule is [GeH4].[SbH].[SiH3].[TeH]. The molecule has 0 unspecified atom stereocenters. The molecule has 0 saturated carbocycles. The molecule has 4 heteroatoms. The van der Waals surface area contributed by atoms with Gasteiger partial charge in [0.25, 0.3) is 0 Å². The zero-order chi connectivity index (χ0) is 0. The summed E-state index contributed by atoms with van der Waals surface area (Å²) in [7, 11) is 0. The van der Waals surface area contributed by atoms with Crippen molar-refractivity contribution in [1.82, 2.24) is 0 Å². The topological polar surface area (TPSA) is 0 Å². The Kier molecular flexibility index (Phi) is 149. The van der Waals surface area contributed by atoms with E-state index in [1.54, 1.807) is 0 Å². The van der Waals surface area contributed by atoms with Gasteiger partial charge in [-0.2, -0.15) is 0 Å². The van der Waals surface area contributed by atoms with Crippen LogP contribution in [0.25, 0.3) is 0 Å². The maximum absolute atomic E-state index is 0. The van der Waals surface area contributed by atoms with Gasteiger partial charge in [0, 0.05) is 0 Å². The van der Waals surface area contributed by atoms with E-state index in [1.807, 2.05) is 0 Å². The quantitative estimate of drug-likeness (QED) is 0.388. The summed E-state index contributed by atoms with van der Waals surface area (Å²) in [5.41, 5.74) is 0. The molecule has 0 aromatic rings. The Morgan fingerprint density at radius 2 is 1.00 bits per heavy atom. The van der Waals surface area contributed by atoms with Crippen LogP contribution in [0.3, 0.4) is 0 Å². The van der Waals surface area contributed by atoms with Gasteiger partial charge in [0.2, 0.25) is 0 Å². The van der Waals surface area contributed by atoms with E-state index >= 15 is 0 Å². The summed E-state index contributed by atoms with van der Waals surface area (Å²) in [5, 5.41) is 0. The zero-order valence-corrected chi connectivity index (χ0v) is 9.35. The van der Waals surface area contributed by atoms with Crippen LogP contribution in [0.2, 0.25) is 0 Å². The van der Waals surface area contributed by atoms with Crippen LogP contribution in [0.4, 0.5) is 0 Å². The second-order valence-corrected chi connectivity index (χ2v) is 0. The van der Waals surface area contributed by atoms with Gasteiger partial charge in [-0.3, -0.25) is 0 Å². The van der Waals surface area contributed by atoms with Crippen molar-refractivity contribution in [2.75, 3.05) is 0 Å². The molecule has 4 heavy (non-hydrogen) atoms. The minimum atomic E-state index is 0. The molecule has 0 saturated heterocycles. The first-order valence-corrected chi connectivity index (χ1v) is 0. The second-order valence-electron chi connectivity index (χ2n) is 0. The number of hydrogen-bond acceptors (Lipinski definition) is 0. The van der Waals surface area contributed by atoms with Gasteiger partial charge in [-0.05, 0) is 11.0 Å². The van der Waals surface area contributed by atoms with E-state index in [2.05, 4.69) is 0 Å². The fourth-order valence-electron chi connectivity index (χ4n) is 0. The molecule has 0 aliphatic heterocycles. The predicted molar refractivity (Wildman–Crippen MR) is 35.6 cm³/mol. The molecule has 0 spiro atoms. The molecule has 0 aromatic carbocycles. The van der Waals surface area contributed by atoms with Crippen LogP contribution in [0, 0.1) is 0 Å². The molecule has 0 aliphatic carbocycles. The van der Waals surface area contributed by atoms with Crippen LogP contribution < -0.4 is 0 Å². The monoisotopic (exact) mass is 362 g/mol. The van der Waals surface area contributed by atoms with Crippen LogP contribution in [0.15, 0.2) is 0 Å². The van der Waals surface area contributed by atoms with Crippen molar-refractivity contribution in [3.8, 4) is 0 Å². The second kappa shape index (κ2) is 18.3. The summed E-state index contributed by atoms with van der Waals surface area (Å²) < 4.78 is 0. The van der Waals surface area contributed by atoms with E-state index in [-0.39, 0.29) is 76.7 Å². The summed E-state index contributed by atoms with van der Waals surface area (Å²) >= 11 is 0. The fourth-order valence-corrected chi connectivity index (χ4v) is 0. The van der Waals surface area contributed by atoms with Gasteiger partial charge in [-0.25, -0.2) is 0 Å². The Morgan fingerprint density at radius 3 is 1.00 bits per heavy atom. The molecular formula is H9GeSbSiTe. The van der Waals surface area contributed by atoms with Crippen molar-refractivity contribution in [1.29, 1.82) is 0 Å². The van der Waals surface area contributed by atoms with E-state index < -0.39 is 0 Å². The van der Waals surface area contributed by atoms with Crippen molar-refractivity contribution in [2.45, 2.75) is 0 Å². The first-order chi connectivity index (χ1) is 0. The van der Waals surface area contributed by atoms with Gasteiger partial charge >= 0.3 is 65.7 Å². The number of rotatable bonds is 0. The van der Waals surface area contributed by atoms with Gasteiger partial charge < -0.3 is 0 Å². The first kappa shape index (κ1) is 32.7. The molecule has 0 aromatic heterocycles. The molecule has 0 aliphatic rings. The van der Waals surface area contributed by atoms with Crippen LogP contribution in [0.1, 0.15) is 0 Å². The first-order valence-electron chi connectivity index (χ1n) is 0. The van der Waals surface area contributed by atoms with E-state index in [1.165, 1.54) is 0 Å². The Hall–Kier alpha value is 2.37. The van der Waals surface area contributed by atoms with Crippen molar-refractivity contribution in [2.24, 2.45) is 0 Å². The molecule has 0 nitrogen and oxygen atoms in total. The van der Waals surface area contributed by atoms with Crippen LogP contribution in [-0.2, 0) is 0 Å². The van der Waals surface area contributed by atoms with Crippen molar-refractivity contribution in [3.63, 3.8) is 0 Å². The molecule has 0 heterocycles. The molecule has 0 bridgehead atoms. The predicted octanol–water partition coefficient (Wildman–Crippen LogP) is -3.93.